The van der Waals surface area contributed by atoms with E-state index >= 15 is 0 Å². The molecule has 0 unspecified atom stereocenters. The van der Waals surface area contributed by atoms with Gasteiger partial charge in [-0.05, 0) is 48.4 Å². The van der Waals surface area contributed by atoms with Crippen LogP contribution in [0.2, 0.25) is 0 Å². The fourth-order valence-corrected chi connectivity index (χ4v) is 4.49. The predicted octanol–water partition coefficient (Wildman–Crippen LogP) is 3.24. The van der Waals surface area contributed by atoms with Gasteiger partial charge in [-0.3, -0.25) is 9.69 Å². The third-order valence-electron chi connectivity index (χ3n) is 6.31. The standard InChI is InChI=1S/C24H30N2O2/c27-23-18-26(15-7-14-25-16-19-8-2-1-3-9-19)17-20-10-4-5-13-22(20)24(23,28)21-11-6-12-21/h1-5,8-10,13,21,25,28H,6-7,11-12,14-18H2/t24-/m1/s1. The molecule has 2 aromatic rings. The Morgan fingerprint density at radius 3 is 2.54 bits per heavy atom. The van der Waals surface area contributed by atoms with E-state index in [2.05, 4.69) is 40.5 Å². The Bertz CT molecular complexity index is 803. The van der Waals surface area contributed by atoms with E-state index in [1.807, 2.05) is 24.3 Å². The minimum Gasteiger partial charge on any atom is -0.377 e. The second kappa shape index (κ2) is 8.56. The summed E-state index contributed by atoms with van der Waals surface area (Å²) in [6.07, 6.45) is 3.98. The maximum atomic E-state index is 13.1. The highest BCUT2D eigenvalue weighted by molar-refractivity contribution is 5.91. The van der Waals surface area contributed by atoms with Gasteiger partial charge in [-0.25, -0.2) is 0 Å². The molecule has 28 heavy (non-hydrogen) atoms. The second-order valence-corrected chi connectivity index (χ2v) is 8.20. The summed E-state index contributed by atoms with van der Waals surface area (Å²) in [6.45, 7) is 3.69. The van der Waals surface area contributed by atoms with E-state index in [1.54, 1.807) is 0 Å². The summed E-state index contributed by atoms with van der Waals surface area (Å²) in [5.41, 5.74) is 1.93. The van der Waals surface area contributed by atoms with E-state index in [4.69, 9.17) is 0 Å². The molecular weight excluding hydrogens is 348 g/mol. The largest absolute Gasteiger partial charge is 0.377 e. The number of aliphatic hydroxyl groups is 1. The van der Waals surface area contributed by atoms with Crippen molar-refractivity contribution in [3.05, 3.63) is 71.3 Å². The number of hydrogen-bond acceptors (Lipinski definition) is 4. The number of rotatable bonds is 7. The van der Waals surface area contributed by atoms with Crippen LogP contribution in [-0.2, 0) is 23.5 Å². The maximum Gasteiger partial charge on any atom is 0.183 e. The van der Waals surface area contributed by atoms with Crippen molar-refractivity contribution in [2.45, 2.75) is 44.4 Å². The molecule has 1 heterocycles. The fourth-order valence-electron chi connectivity index (χ4n) is 4.49. The summed E-state index contributed by atoms with van der Waals surface area (Å²) in [6, 6.07) is 18.4. The van der Waals surface area contributed by atoms with Crippen molar-refractivity contribution in [1.82, 2.24) is 10.2 Å². The first-order valence-electron chi connectivity index (χ1n) is 10.5. The molecule has 1 saturated carbocycles. The second-order valence-electron chi connectivity index (χ2n) is 8.20. The number of nitrogens with one attached hydrogen (secondary N) is 1. The van der Waals surface area contributed by atoms with Crippen LogP contribution >= 0.6 is 0 Å². The molecule has 1 atom stereocenters. The van der Waals surface area contributed by atoms with Gasteiger partial charge >= 0.3 is 0 Å². The molecule has 0 spiro atoms. The number of benzene rings is 2. The first kappa shape index (κ1) is 19.3. The van der Waals surface area contributed by atoms with Crippen LogP contribution in [0.4, 0.5) is 0 Å². The maximum absolute atomic E-state index is 13.1. The number of Topliss-reactive ketones (excluding diaryl/α,β-unsaturated/α-hetero) is 1. The topological polar surface area (TPSA) is 52.6 Å². The zero-order valence-corrected chi connectivity index (χ0v) is 16.4. The first-order valence-corrected chi connectivity index (χ1v) is 10.5. The summed E-state index contributed by atoms with van der Waals surface area (Å²) in [7, 11) is 0. The molecule has 2 aliphatic rings. The highest BCUT2D eigenvalue weighted by atomic mass is 16.3. The van der Waals surface area contributed by atoms with E-state index in [1.165, 1.54) is 5.56 Å². The van der Waals surface area contributed by atoms with Gasteiger partial charge in [0.05, 0.1) is 6.54 Å². The SMILES string of the molecule is O=C1CN(CCCNCc2ccccc2)Cc2ccccc2[C@]1(O)C1CCC1. The number of carbonyl (C=O) groups is 1. The van der Waals surface area contributed by atoms with Gasteiger partial charge in [-0.1, -0.05) is 61.0 Å². The number of hydrogen-bond donors (Lipinski definition) is 2. The molecule has 2 N–H and O–H groups in total. The molecule has 4 nitrogen and oxygen atoms in total. The lowest BCUT2D eigenvalue weighted by Gasteiger charge is -2.40. The van der Waals surface area contributed by atoms with Crippen molar-refractivity contribution >= 4 is 5.78 Å². The van der Waals surface area contributed by atoms with Gasteiger partial charge in [0.15, 0.2) is 11.4 Å². The molecular formula is C24H30N2O2. The third-order valence-corrected chi connectivity index (χ3v) is 6.31. The normalized spacial score (nSPS) is 23.1. The van der Waals surface area contributed by atoms with Crippen molar-refractivity contribution < 1.29 is 9.90 Å². The molecule has 1 aliphatic carbocycles. The molecule has 148 valence electrons. The van der Waals surface area contributed by atoms with Gasteiger partial charge in [0.1, 0.15) is 0 Å². The van der Waals surface area contributed by atoms with E-state index < -0.39 is 5.60 Å². The lowest BCUT2D eigenvalue weighted by Crippen LogP contribution is -2.48. The molecule has 1 aliphatic heterocycles. The van der Waals surface area contributed by atoms with Crippen LogP contribution < -0.4 is 5.32 Å². The fraction of sp³-hybridized carbons (Fsp3) is 0.458. The van der Waals surface area contributed by atoms with Gasteiger partial charge in [0.2, 0.25) is 0 Å². The molecule has 4 heteroatoms. The van der Waals surface area contributed by atoms with Gasteiger partial charge in [0.25, 0.3) is 0 Å². The molecule has 0 saturated heterocycles. The molecule has 0 aromatic heterocycles. The lowest BCUT2D eigenvalue weighted by molar-refractivity contribution is -0.149. The molecule has 0 radical (unpaired) electrons. The van der Waals surface area contributed by atoms with Gasteiger partial charge < -0.3 is 10.4 Å². The first-order chi connectivity index (χ1) is 13.7. The Hall–Kier alpha value is -2.01. The van der Waals surface area contributed by atoms with Crippen LogP contribution in [-0.4, -0.2) is 35.4 Å². The van der Waals surface area contributed by atoms with Crippen LogP contribution in [0.3, 0.4) is 0 Å². The minimum absolute atomic E-state index is 0.0283. The number of fused-ring (bicyclic) bond motifs is 1. The number of ketones is 1. The minimum atomic E-state index is -1.30. The van der Waals surface area contributed by atoms with E-state index in [9.17, 15) is 9.90 Å². The molecule has 0 amide bonds. The summed E-state index contributed by atoms with van der Waals surface area (Å²) in [5, 5.41) is 14.9. The molecule has 1 fully saturated rings. The predicted molar refractivity (Wildman–Crippen MR) is 111 cm³/mol. The highest BCUT2D eigenvalue weighted by Crippen LogP contribution is 2.45. The summed E-state index contributed by atoms with van der Waals surface area (Å²) in [4.78, 5) is 15.3. The van der Waals surface area contributed by atoms with Crippen LogP contribution in [0.1, 0.15) is 42.4 Å². The molecule has 2 aromatic carbocycles. The highest BCUT2D eigenvalue weighted by Gasteiger charge is 2.49. The monoisotopic (exact) mass is 378 g/mol. The van der Waals surface area contributed by atoms with Crippen molar-refractivity contribution in [3.8, 4) is 0 Å². The van der Waals surface area contributed by atoms with Gasteiger partial charge in [-0.15, -0.1) is 0 Å². The van der Waals surface area contributed by atoms with Crippen LogP contribution in [0.25, 0.3) is 0 Å². The smallest absolute Gasteiger partial charge is 0.183 e. The Kier molecular flexibility index (Phi) is 5.90. The Labute approximate surface area is 167 Å². The summed E-state index contributed by atoms with van der Waals surface area (Å²) in [5.74, 6) is 0.0491. The van der Waals surface area contributed by atoms with E-state index in [0.29, 0.717) is 6.54 Å². The molecule has 4 rings (SSSR count). The quantitative estimate of drug-likeness (QED) is 0.727. The van der Waals surface area contributed by atoms with Gasteiger partial charge in [0, 0.05) is 19.6 Å². The average Bonchev–Trinajstić information content (AvgIpc) is 2.76. The Morgan fingerprint density at radius 1 is 1.04 bits per heavy atom. The Morgan fingerprint density at radius 2 is 1.79 bits per heavy atom. The van der Waals surface area contributed by atoms with Crippen LogP contribution in [0.5, 0.6) is 0 Å². The summed E-state index contributed by atoms with van der Waals surface area (Å²) >= 11 is 0. The number of carbonyl (C=O) groups excluding carboxylic acids is 1. The zero-order chi connectivity index (χ0) is 19.4. The van der Waals surface area contributed by atoms with Crippen molar-refractivity contribution in [2.24, 2.45) is 5.92 Å². The van der Waals surface area contributed by atoms with Crippen LogP contribution in [0.15, 0.2) is 54.6 Å². The zero-order valence-electron chi connectivity index (χ0n) is 16.4. The van der Waals surface area contributed by atoms with Crippen molar-refractivity contribution in [3.63, 3.8) is 0 Å². The van der Waals surface area contributed by atoms with E-state index in [-0.39, 0.29) is 11.7 Å². The van der Waals surface area contributed by atoms with Crippen LogP contribution in [0, 0.1) is 5.92 Å². The van der Waals surface area contributed by atoms with Crippen molar-refractivity contribution in [2.75, 3.05) is 19.6 Å². The third kappa shape index (κ3) is 3.90. The lowest BCUT2D eigenvalue weighted by atomic mass is 9.67. The van der Waals surface area contributed by atoms with E-state index in [0.717, 1.165) is 63.0 Å². The number of nitrogens with zero attached hydrogens (tertiary/aromatic N) is 1. The molecule has 0 bridgehead atoms. The Balaban J connectivity index is 1.37. The van der Waals surface area contributed by atoms with Crippen molar-refractivity contribution in [1.29, 1.82) is 0 Å². The average molecular weight is 379 g/mol. The van der Waals surface area contributed by atoms with Gasteiger partial charge in [-0.2, -0.15) is 0 Å². The summed E-state index contributed by atoms with van der Waals surface area (Å²) < 4.78 is 0.